The van der Waals surface area contributed by atoms with Gasteiger partial charge in [-0.25, -0.2) is 0 Å². The predicted molar refractivity (Wildman–Crippen MR) is 304 cm³/mol. The number of allylic oxidation sites excluding steroid dienone is 2. The zero-order valence-electron chi connectivity index (χ0n) is 41.9. The van der Waals surface area contributed by atoms with Crippen molar-refractivity contribution in [2.75, 3.05) is 0 Å². The van der Waals surface area contributed by atoms with Crippen LogP contribution in [0.3, 0.4) is 0 Å². The molecular weight excluding hydrogens is 936 g/mol. The average Bonchev–Trinajstić information content (AvgIpc) is 3.97. The monoisotopic (exact) mass is 995 g/mol. The van der Waals surface area contributed by atoms with E-state index in [4.69, 9.17) is 0 Å². The molecule has 0 radical (unpaired) electrons. The number of rotatable bonds is 7. The van der Waals surface area contributed by atoms with Crippen LogP contribution in [0.15, 0.2) is 205 Å². The fourth-order valence-electron chi connectivity index (χ4n) is 12.6. The van der Waals surface area contributed by atoms with Gasteiger partial charge in [0.15, 0.2) is 0 Å². The van der Waals surface area contributed by atoms with E-state index in [2.05, 4.69) is 261 Å². The van der Waals surface area contributed by atoms with Gasteiger partial charge in [-0.3, -0.25) is 0 Å². The molecule has 0 heterocycles. The molecule has 70 heavy (non-hydrogen) atoms. The Morgan fingerprint density at radius 2 is 0.586 bits per heavy atom. The van der Waals surface area contributed by atoms with Crippen molar-refractivity contribution in [1.29, 1.82) is 0 Å². The van der Waals surface area contributed by atoms with E-state index in [0.717, 1.165) is 0 Å². The Bertz CT molecular complexity index is 3530. The van der Waals surface area contributed by atoms with Crippen LogP contribution in [0, 0.1) is 10.8 Å². The molecule has 2 unspecified atom stereocenters. The van der Waals surface area contributed by atoms with E-state index in [1.165, 1.54) is 98.7 Å². The van der Waals surface area contributed by atoms with E-state index >= 15 is 0 Å². The molecule has 2 aliphatic rings. The third kappa shape index (κ3) is 7.40. The molecule has 341 valence electrons. The summed E-state index contributed by atoms with van der Waals surface area (Å²) in [6.07, 6.45) is 5.47. The molecule has 0 bridgehead atoms. The Hall–Kier alpha value is -6.18. The molecule has 0 aliphatic heterocycles. The first kappa shape index (κ1) is 45.0. The van der Waals surface area contributed by atoms with E-state index in [-0.39, 0.29) is 10.8 Å². The summed E-state index contributed by atoms with van der Waals surface area (Å²) in [5, 5.41) is 10.5. The Morgan fingerprint density at radius 1 is 0.314 bits per heavy atom. The van der Waals surface area contributed by atoms with Gasteiger partial charge in [0.2, 0.25) is 0 Å². The van der Waals surface area contributed by atoms with E-state index < -0.39 is 26.8 Å². The van der Waals surface area contributed by atoms with Crippen molar-refractivity contribution in [2.45, 2.75) is 61.9 Å². The summed E-state index contributed by atoms with van der Waals surface area (Å²) in [7, 11) is 0. The maximum absolute atomic E-state index is 2.91. The summed E-state index contributed by atoms with van der Waals surface area (Å²) in [6.45, 7) is 20.6. The van der Waals surface area contributed by atoms with Crippen molar-refractivity contribution < 1.29 is 20.9 Å². The fraction of sp³-hybridized carbons (Fsp3) is 0.176. The third-order valence-electron chi connectivity index (χ3n) is 15.8. The molecule has 12 rings (SSSR count). The molecular formula is C68H61SiZr. The van der Waals surface area contributed by atoms with E-state index in [1.807, 2.05) is 0 Å². The zero-order chi connectivity index (χ0) is 48.1. The van der Waals surface area contributed by atoms with Crippen molar-refractivity contribution in [3.8, 4) is 44.5 Å². The molecule has 2 heteroatoms. The maximum atomic E-state index is 2.75. The number of hydrogen-bond donors (Lipinski definition) is 0. The average molecular weight is 998 g/mol. The van der Waals surface area contributed by atoms with Crippen molar-refractivity contribution in [1.82, 2.24) is 0 Å². The quantitative estimate of drug-likeness (QED) is 0.140. The molecule has 0 nitrogen and oxygen atoms in total. The molecule has 0 spiro atoms. The third-order valence-corrected chi connectivity index (χ3v) is 37.1. The van der Waals surface area contributed by atoms with Crippen molar-refractivity contribution in [2.24, 2.45) is 10.8 Å². The minimum atomic E-state index is -2.91. The van der Waals surface area contributed by atoms with Gasteiger partial charge in [-0.15, -0.1) is 0 Å². The van der Waals surface area contributed by atoms with Crippen molar-refractivity contribution in [3.63, 3.8) is 0 Å². The summed E-state index contributed by atoms with van der Waals surface area (Å²) in [5.74, 6) is -1.40. The summed E-state index contributed by atoms with van der Waals surface area (Å²) < 4.78 is 0.743. The summed E-state index contributed by atoms with van der Waals surface area (Å²) in [6, 6.07) is 74.0. The fourth-order valence-corrected chi connectivity index (χ4v) is 36.2. The van der Waals surface area contributed by atoms with Gasteiger partial charge in [-0.2, -0.15) is 0 Å². The van der Waals surface area contributed by atoms with Crippen LogP contribution in [-0.4, -0.2) is 5.92 Å². The molecule has 0 aromatic heterocycles. The first-order valence-corrected chi connectivity index (χ1v) is 35.4. The standard InChI is InChI=1S/2C33H27.C2H7Si.Zr/c2*1-33(2,3)24-20-31-29(27-16-8-12-22-10-4-6-14-25(22)27)18-19-30(32(31)21-24)28-17-9-13-23-11-5-7-15-26(23)28;1-3-2;/h2*4-21H,1-3H3;3H,1-2H3;. The van der Waals surface area contributed by atoms with Crippen LogP contribution in [0.4, 0.5) is 0 Å². The predicted octanol–water partition coefficient (Wildman–Crippen LogP) is 19.2. The van der Waals surface area contributed by atoms with Crippen LogP contribution in [-0.2, 0) is 20.9 Å². The molecule has 2 atom stereocenters. The van der Waals surface area contributed by atoms with E-state index in [1.54, 1.807) is 22.3 Å². The number of benzene rings is 10. The Morgan fingerprint density at radius 3 is 0.886 bits per heavy atom. The van der Waals surface area contributed by atoms with Gasteiger partial charge in [0, 0.05) is 0 Å². The molecule has 0 saturated carbocycles. The van der Waals surface area contributed by atoms with Gasteiger partial charge < -0.3 is 0 Å². The topological polar surface area (TPSA) is 0 Å². The Kier molecular flexibility index (Phi) is 11.1. The van der Waals surface area contributed by atoms with Crippen LogP contribution < -0.4 is 0 Å². The normalized spacial score (nSPS) is 15.7. The van der Waals surface area contributed by atoms with Crippen LogP contribution in [0.1, 0.15) is 71.0 Å². The molecule has 10 aromatic rings. The van der Waals surface area contributed by atoms with Crippen molar-refractivity contribution >= 4 is 61.2 Å². The summed E-state index contributed by atoms with van der Waals surface area (Å²) in [5.41, 5.74) is 20.2. The van der Waals surface area contributed by atoms with Crippen LogP contribution >= 0.6 is 0 Å². The zero-order valence-corrected chi connectivity index (χ0v) is 45.5. The minimum absolute atomic E-state index is 0.0544. The molecule has 0 amide bonds. The van der Waals surface area contributed by atoms with Gasteiger partial charge >= 0.3 is 427 Å². The number of fused-ring (bicyclic) bond motifs is 6. The molecule has 10 aromatic carbocycles. The Balaban J connectivity index is 1.20. The van der Waals surface area contributed by atoms with E-state index in [0.29, 0.717) is 7.25 Å². The van der Waals surface area contributed by atoms with Gasteiger partial charge in [0.05, 0.1) is 0 Å². The first-order valence-electron chi connectivity index (χ1n) is 25.4. The number of hydrogen-bond acceptors (Lipinski definition) is 0. The van der Waals surface area contributed by atoms with Crippen LogP contribution in [0.2, 0.25) is 13.1 Å². The second-order valence-corrected chi connectivity index (χ2v) is 42.4. The summed E-state index contributed by atoms with van der Waals surface area (Å²) in [4.78, 5) is 0. The van der Waals surface area contributed by atoms with Gasteiger partial charge in [0.1, 0.15) is 0 Å². The Labute approximate surface area is 423 Å². The first-order chi connectivity index (χ1) is 33.9. The van der Waals surface area contributed by atoms with Gasteiger partial charge in [0.25, 0.3) is 0 Å². The molecule has 0 fully saturated rings. The van der Waals surface area contributed by atoms with Crippen LogP contribution in [0.25, 0.3) is 99.7 Å². The van der Waals surface area contributed by atoms with Crippen LogP contribution in [0.5, 0.6) is 0 Å². The molecule has 2 aliphatic carbocycles. The second-order valence-electron chi connectivity index (χ2n) is 22.3. The second kappa shape index (κ2) is 17.3. The molecule has 0 saturated heterocycles. The van der Waals surface area contributed by atoms with Gasteiger partial charge in [-0.05, 0) is 0 Å². The van der Waals surface area contributed by atoms with E-state index in [9.17, 15) is 0 Å². The van der Waals surface area contributed by atoms with Gasteiger partial charge in [-0.1, -0.05) is 0 Å². The molecule has 0 N–H and O–H groups in total. The summed E-state index contributed by atoms with van der Waals surface area (Å²) >= 11 is -2.91. The van der Waals surface area contributed by atoms with Crippen molar-refractivity contribution in [3.05, 3.63) is 228 Å². The SMILES string of the molecule is C[SiH](C)[Zr]([CH]1C(C(C)(C)C)=Cc2c(-c3cccc4ccccc34)ccc(-c3cccc4ccccc34)c21)[CH]1C(C(C)(C)C)=Cc2c(-c3cccc4ccccc34)ccc(-c3cccc4ccccc34)c21.